The normalized spacial score (nSPS) is 11.1. The Kier molecular flexibility index (Phi) is 13.9. The predicted molar refractivity (Wildman–Crippen MR) is 118 cm³/mol. The second-order valence-electron chi connectivity index (χ2n) is 8.19. The molecule has 1 rings (SSSR count). The van der Waals surface area contributed by atoms with Gasteiger partial charge in [0.2, 0.25) is 0 Å². The van der Waals surface area contributed by atoms with E-state index in [1.165, 1.54) is 62.5 Å². The summed E-state index contributed by atoms with van der Waals surface area (Å²) in [5.74, 6) is -1.28. The molecular formula is C25H40O4. The van der Waals surface area contributed by atoms with Crippen molar-refractivity contribution in [1.29, 1.82) is 0 Å². The summed E-state index contributed by atoms with van der Waals surface area (Å²) in [6.45, 7) is 2.24. The molecule has 0 aliphatic carbocycles. The summed E-state index contributed by atoms with van der Waals surface area (Å²) in [6, 6.07) is 8.48. The molecule has 0 bridgehead atoms. The number of carbonyl (C=O) groups is 2. The van der Waals surface area contributed by atoms with Crippen LogP contribution < -0.4 is 0 Å². The Bertz CT molecular complexity index is 562. The first-order chi connectivity index (χ1) is 14.0. The Morgan fingerprint density at radius 3 is 1.83 bits per heavy atom. The van der Waals surface area contributed by atoms with E-state index in [0.717, 1.165) is 19.3 Å². The zero-order chi connectivity index (χ0) is 21.3. The Morgan fingerprint density at radius 2 is 1.28 bits per heavy atom. The van der Waals surface area contributed by atoms with Crippen LogP contribution in [0.1, 0.15) is 114 Å². The number of benzene rings is 1. The molecule has 0 aliphatic heterocycles. The van der Waals surface area contributed by atoms with E-state index in [1.54, 1.807) is 0 Å². The third kappa shape index (κ3) is 12.4. The fraction of sp³-hybridized carbons (Fsp3) is 0.680. The van der Waals surface area contributed by atoms with Gasteiger partial charge in [-0.2, -0.15) is 0 Å². The molecule has 0 saturated carbocycles. The Balaban J connectivity index is 2.58. The van der Waals surface area contributed by atoms with E-state index in [9.17, 15) is 9.59 Å². The maximum atomic E-state index is 10.9. The highest BCUT2D eigenvalue weighted by Crippen LogP contribution is 2.31. The second kappa shape index (κ2) is 16.0. The third-order valence-electron chi connectivity index (χ3n) is 5.68. The van der Waals surface area contributed by atoms with Crippen LogP contribution in [0, 0.1) is 0 Å². The number of carboxylic acid groups (broad SMARTS) is 2. The molecule has 0 heterocycles. The first kappa shape index (κ1) is 25.2. The van der Waals surface area contributed by atoms with Crippen LogP contribution in [0.2, 0.25) is 0 Å². The molecule has 2 N–H and O–H groups in total. The number of aliphatic carboxylic acids is 2. The van der Waals surface area contributed by atoms with Gasteiger partial charge in [-0.1, -0.05) is 76.1 Å². The first-order valence-corrected chi connectivity index (χ1v) is 11.6. The van der Waals surface area contributed by atoms with Gasteiger partial charge in [-0.25, -0.2) is 0 Å². The molecule has 164 valence electrons. The number of rotatable bonds is 18. The lowest BCUT2D eigenvalue weighted by molar-refractivity contribution is -0.138. The maximum Gasteiger partial charge on any atom is 0.303 e. The van der Waals surface area contributed by atoms with E-state index in [2.05, 4.69) is 25.1 Å². The summed E-state index contributed by atoms with van der Waals surface area (Å²) in [6.07, 6.45) is 14.7. The van der Waals surface area contributed by atoms with Crippen molar-refractivity contribution in [2.45, 2.75) is 109 Å². The van der Waals surface area contributed by atoms with Crippen LogP contribution in [0.5, 0.6) is 0 Å². The van der Waals surface area contributed by atoms with Crippen molar-refractivity contribution < 1.29 is 19.8 Å². The van der Waals surface area contributed by atoms with Crippen molar-refractivity contribution in [2.75, 3.05) is 0 Å². The van der Waals surface area contributed by atoms with Crippen LogP contribution in [0.25, 0.3) is 0 Å². The molecular weight excluding hydrogens is 364 g/mol. The van der Waals surface area contributed by atoms with E-state index in [-0.39, 0.29) is 18.8 Å². The molecule has 0 unspecified atom stereocenters. The molecule has 29 heavy (non-hydrogen) atoms. The van der Waals surface area contributed by atoms with Gasteiger partial charge in [-0.15, -0.1) is 0 Å². The summed E-state index contributed by atoms with van der Waals surface area (Å²) in [7, 11) is 0. The molecule has 1 aromatic carbocycles. The summed E-state index contributed by atoms with van der Waals surface area (Å²) in [5.41, 5.74) is 2.65. The van der Waals surface area contributed by atoms with Gasteiger partial charge in [0.1, 0.15) is 0 Å². The van der Waals surface area contributed by atoms with Crippen molar-refractivity contribution in [3.8, 4) is 0 Å². The summed E-state index contributed by atoms with van der Waals surface area (Å²) in [5, 5.41) is 17.9. The SMILES string of the molecule is CCCCCCCCCCc1ccccc1C(CCCC(=O)O)CCCC(=O)O. The lowest BCUT2D eigenvalue weighted by Gasteiger charge is -2.20. The van der Waals surface area contributed by atoms with Gasteiger partial charge in [0.05, 0.1) is 0 Å². The topological polar surface area (TPSA) is 74.6 Å². The number of carboxylic acids is 2. The highest BCUT2D eigenvalue weighted by molar-refractivity contribution is 5.66. The summed E-state index contributed by atoms with van der Waals surface area (Å²) in [4.78, 5) is 21.8. The van der Waals surface area contributed by atoms with Crippen molar-refractivity contribution in [2.24, 2.45) is 0 Å². The van der Waals surface area contributed by atoms with E-state index in [1.807, 2.05) is 6.07 Å². The number of unbranched alkanes of at least 4 members (excludes halogenated alkanes) is 7. The zero-order valence-corrected chi connectivity index (χ0v) is 18.2. The van der Waals surface area contributed by atoms with E-state index in [4.69, 9.17) is 10.2 Å². The lowest BCUT2D eigenvalue weighted by Crippen LogP contribution is -2.06. The van der Waals surface area contributed by atoms with Crippen molar-refractivity contribution in [3.63, 3.8) is 0 Å². The fourth-order valence-electron chi connectivity index (χ4n) is 4.06. The van der Waals surface area contributed by atoms with Crippen molar-refractivity contribution >= 4 is 11.9 Å². The molecule has 0 fully saturated rings. The number of aryl methyl sites for hydroxylation is 1. The highest BCUT2D eigenvalue weighted by Gasteiger charge is 2.16. The largest absolute Gasteiger partial charge is 0.481 e. The molecule has 0 spiro atoms. The van der Waals surface area contributed by atoms with Gasteiger partial charge in [-0.05, 0) is 55.6 Å². The van der Waals surface area contributed by atoms with Crippen LogP contribution in [0.3, 0.4) is 0 Å². The number of hydrogen-bond acceptors (Lipinski definition) is 2. The van der Waals surface area contributed by atoms with Gasteiger partial charge in [0, 0.05) is 12.8 Å². The number of hydrogen-bond donors (Lipinski definition) is 2. The van der Waals surface area contributed by atoms with Gasteiger partial charge in [-0.3, -0.25) is 9.59 Å². The maximum absolute atomic E-state index is 10.9. The monoisotopic (exact) mass is 404 g/mol. The minimum atomic E-state index is -0.762. The molecule has 0 aromatic heterocycles. The van der Waals surface area contributed by atoms with E-state index < -0.39 is 11.9 Å². The zero-order valence-electron chi connectivity index (χ0n) is 18.2. The minimum absolute atomic E-state index is 0.176. The second-order valence-corrected chi connectivity index (χ2v) is 8.19. The van der Waals surface area contributed by atoms with Crippen molar-refractivity contribution in [1.82, 2.24) is 0 Å². The summed E-state index contributed by atoms with van der Waals surface area (Å²) >= 11 is 0. The molecule has 1 aromatic rings. The van der Waals surface area contributed by atoms with Crippen LogP contribution in [0.4, 0.5) is 0 Å². The summed E-state index contributed by atoms with van der Waals surface area (Å²) < 4.78 is 0. The van der Waals surface area contributed by atoms with Crippen LogP contribution in [-0.2, 0) is 16.0 Å². The molecule has 0 amide bonds. The van der Waals surface area contributed by atoms with Gasteiger partial charge >= 0.3 is 11.9 Å². The van der Waals surface area contributed by atoms with Crippen molar-refractivity contribution in [3.05, 3.63) is 35.4 Å². The van der Waals surface area contributed by atoms with Crippen LogP contribution in [0.15, 0.2) is 24.3 Å². The lowest BCUT2D eigenvalue weighted by atomic mass is 9.84. The molecule has 4 nitrogen and oxygen atoms in total. The Labute approximate surface area is 176 Å². The smallest absolute Gasteiger partial charge is 0.303 e. The molecule has 0 radical (unpaired) electrons. The molecule has 4 heteroatoms. The third-order valence-corrected chi connectivity index (χ3v) is 5.68. The first-order valence-electron chi connectivity index (χ1n) is 11.6. The van der Waals surface area contributed by atoms with E-state index in [0.29, 0.717) is 12.8 Å². The molecule has 0 atom stereocenters. The minimum Gasteiger partial charge on any atom is -0.481 e. The Morgan fingerprint density at radius 1 is 0.759 bits per heavy atom. The van der Waals surface area contributed by atoms with Crippen LogP contribution >= 0.6 is 0 Å². The van der Waals surface area contributed by atoms with Gasteiger partial charge < -0.3 is 10.2 Å². The quantitative estimate of drug-likeness (QED) is 0.259. The average Bonchev–Trinajstić information content (AvgIpc) is 2.69. The van der Waals surface area contributed by atoms with Gasteiger partial charge in [0.15, 0.2) is 0 Å². The van der Waals surface area contributed by atoms with Crippen LogP contribution in [-0.4, -0.2) is 22.2 Å². The Hall–Kier alpha value is -1.84. The van der Waals surface area contributed by atoms with Gasteiger partial charge in [0.25, 0.3) is 0 Å². The van der Waals surface area contributed by atoms with E-state index >= 15 is 0 Å². The highest BCUT2D eigenvalue weighted by atomic mass is 16.4. The average molecular weight is 405 g/mol. The molecule has 0 saturated heterocycles. The standard InChI is InChI=1S/C25H40O4/c1-2-3-4-5-6-7-8-9-14-21-15-10-11-18-23(21)22(16-12-19-24(26)27)17-13-20-25(28)29/h10-11,15,18,22H,2-9,12-14,16-17,19-20H2,1H3,(H,26,27)(H,28,29). The molecule has 0 aliphatic rings. The predicted octanol–water partition coefficient (Wildman–Crippen LogP) is 6.96. The fourth-order valence-corrected chi connectivity index (χ4v) is 4.06.